The van der Waals surface area contributed by atoms with Crippen LogP contribution in [0.2, 0.25) is 0 Å². The van der Waals surface area contributed by atoms with Crippen molar-refractivity contribution in [1.29, 1.82) is 0 Å². The van der Waals surface area contributed by atoms with E-state index in [1.165, 1.54) is 0 Å². The molecule has 1 aliphatic rings. The summed E-state index contributed by atoms with van der Waals surface area (Å²) in [5.74, 6) is 0.755. The van der Waals surface area contributed by atoms with Gasteiger partial charge in [0.15, 0.2) is 0 Å². The molecule has 1 fully saturated rings. The Hall–Kier alpha value is -1.20. The normalized spacial score (nSPS) is 19.3. The van der Waals surface area contributed by atoms with E-state index in [1.807, 2.05) is 0 Å². The van der Waals surface area contributed by atoms with Gasteiger partial charge in [0.25, 0.3) is 0 Å². The van der Waals surface area contributed by atoms with Gasteiger partial charge in [-0.2, -0.15) is 0 Å². The van der Waals surface area contributed by atoms with Crippen LogP contribution >= 0.6 is 0 Å². The molecule has 1 aliphatic heterocycles. The Balaban J connectivity index is 1.98. The third-order valence-electron chi connectivity index (χ3n) is 3.49. The van der Waals surface area contributed by atoms with Crippen LogP contribution in [0.1, 0.15) is 19.3 Å². The quantitative estimate of drug-likeness (QED) is 0.828. The predicted molar refractivity (Wildman–Crippen MR) is 65.7 cm³/mol. The van der Waals surface area contributed by atoms with Crippen molar-refractivity contribution in [3.63, 3.8) is 0 Å². The topological polar surface area (TPSA) is 64.3 Å². The number of methoxy groups -OCH3 is 1. The fraction of sp³-hybridized carbons (Fsp3) is 0.667. The van der Waals surface area contributed by atoms with Crippen LogP contribution in [0.4, 0.5) is 5.95 Å². The minimum absolute atomic E-state index is 0.0518. The molecular formula is C12H19N4O. The second-order valence-electron chi connectivity index (χ2n) is 4.40. The molecule has 1 aromatic heterocycles. The van der Waals surface area contributed by atoms with E-state index >= 15 is 0 Å². The fourth-order valence-corrected chi connectivity index (χ4v) is 2.35. The summed E-state index contributed by atoms with van der Waals surface area (Å²) in [6.45, 7) is 2.49. The number of piperidine rings is 1. The summed E-state index contributed by atoms with van der Waals surface area (Å²) in [6.07, 6.45) is 7.39. The van der Waals surface area contributed by atoms with Crippen LogP contribution in [-0.2, 0) is 4.74 Å². The number of nitrogens with two attached hydrogens (primary N) is 1. The van der Waals surface area contributed by atoms with Crippen LogP contribution in [0.5, 0.6) is 0 Å². The standard InChI is InChI=1S/C12H19N4O/c1-17-12(3-6-13)4-9-16(10-5-12)11-14-7-2-8-15-11/h2,7H,3-6,9-10,13H2,1H3. The van der Waals surface area contributed by atoms with Crippen molar-refractivity contribution in [2.24, 2.45) is 5.73 Å². The first-order chi connectivity index (χ1) is 8.29. The monoisotopic (exact) mass is 235 g/mol. The summed E-state index contributed by atoms with van der Waals surface area (Å²) in [6, 6.07) is 1.71. The summed E-state index contributed by atoms with van der Waals surface area (Å²) in [5, 5.41) is 0. The van der Waals surface area contributed by atoms with Crippen LogP contribution in [0.25, 0.3) is 0 Å². The first kappa shape index (κ1) is 12.3. The Morgan fingerprint density at radius 1 is 1.53 bits per heavy atom. The fourth-order valence-electron chi connectivity index (χ4n) is 2.35. The smallest absolute Gasteiger partial charge is 0.225 e. The van der Waals surface area contributed by atoms with Gasteiger partial charge in [0.1, 0.15) is 0 Å². The Labute approximate surface area is 102 Å². The van der Waals surface area contributed by atoms with Crippen molar-refractivity contribution in [1.82, 2.24) is 9.97 Å². The van der Waals surface area contributed by atoms with Gasteiger partial charge in [-0.1, -0.05) is 0 Å². The van der Waals surface area contributed by atoms with E-state index in [2.05, 4.69) is 21.1 Å². The Bertz CT molecular complexity index is 336. The molecule has 93 valence electrons. The van der Waals surface area contributed by atoms with Crippen LogP contribution in [0.15, 0.2) is 12.3 Å². The highest BCUT2D eigenvalue weighted by molar-refractivity contribution is 5.29. The zero-order valence-corrected chi connectivity index (χ0v) is 10.2. The van der Waals surface area contributed by atoms with E-state index in [0.29, 0.717) is 6.54 Å². The molecule has 17 heavy (non-hydrogen) atoms. The molecule has 0 saturated carbocycles. The number of hydrogen-bond acceptors (Lipinski definition) is 5. The zero-order valence-electron chi connectivity index (χ0n) is 10.2. The van der Waals surface area contributed by atoms with Crippen molar-refractivity contribution in [2.45, 2.75) is 24.9 Å². The van der Waals surface area contributed by atoms with E-state index in [0.717, 1.165) is 38.3 Å². The van der Waals surface area contributed by atoms with Gasteiger partial charge in [-0.05, 0) is 31.9 Å². The SMILES string of the molecule is COC1(CCN)CCN(c2n[c]ccn2)CC1. The molecule has 2 rings (SSSR count). The molecule has 0 atom stereocenters. The Morgan fingerprint density at radius 2 is 2.29 bits per heavy atom. The number of nitrogens with zero attached hydrogens (tertiary/aromatic N) is 3. The van der Waals surface area contributed by atoms with Crippen molar-refractivity contribution in [3.8, 4) is 0 Å². The Kier molecular flexibility index (Phi) is 3.91. The lowest BCUT2D eigenvalue weighted by Crippen LogP contribution is -2.47. The molecule has 0 aromatic carbocycles. The van der Waals surface area contributed by atoms with E-state index in [-0.39, 0.29) is 5.60 Å². The summed E-state index contributed by atoms with van der Waals surface area (Å²) >= 11 is 0. The molecule has 5 nitrogen and oxygen atoms in total. The van der Waals surface area contributed by atoms with Gasteiger partial charge >= 0.3 is 0 Å². The van der Waals surface area contributed by atoms with Gasteiger partial charge in [-0.15, -0.1) is 0 Å². The van der Waals surface area contributed by atoms with Crippen LogP contribution in [0.3, 0.4) is 0 Å². The molecule has 0 spiro atoms. The second-order valence-corrected chi connectivity index (χ2v) is 4.40. The van der Waals surface area contributed by atoms with Crippen molar-refractivity contribution in [3.05, 3.63) is 18.5 Å². The number of hydrogen-bond donors (Lipinski definition) is 1. The lowest BCUT2D eigenvalue weighted by atomic mass is 9.88. The maximum Gasteiger partial charge on any atom is 0.225 e. The van der Waals surface area contributed by atoms with Gasteiger partial charge in [-0.3, -0.25) is 0 Å². The molecule has 2 heterocycles. The van der Waals surface area contributed by atoms with Crippen molar-refractivity contribution < 1.29 is 4.74 Å². The molecule has 1 aromatic rings. The minimum atomic E-state index is -0.0518. The lowest BCUT2D eigenvalue weighted by Gasteiger charge is -2.40. The third kappa shape index (κ3) is 2.73. The van der Waals surface area contributed by atoms with E-state index in [4.69, 9.17) is 10.5 Å². The minimum Gasteiger partial charge on any atom is -0.378 e. The molecule has 2 N–H and O–H groups in total. The van der Waals surface area contributed by atoms with Crippen molar-refractivity contribution >= 4 is 5.95 Å². The van der Waals surface area contributed by atoms with Crippen LogP contribution in [-0.4, -0.2) is 42.3 Å². The average Bonchev–Trinajstić information content (AvgIpc) is 2.41. The first-order valence-electron chi connectivity index (χ1n) is 5.99. The predicted octanol–water partition coefficient (Wildman–Crippen LogP) is 0.611. The van der Waals surface area contributed by atoms with Gasteiger partial charge in [-0.25, -0.2) is 9.97 Å². The summed E-state index contributed by atoms with van der Waals surface area (Å²) in [7, 11) is 1.78. The van der Waals surface area contributed by atoms with E-state index in [1.54, 1.807) is 19.4 Å². The summed E-state index contributed by atoms with van der Waals surface area (Å²) in [5.41, 5.74) is 5.59. The van der Waals surface area contributed by atoms with Gasteiger partial charge in [0.2, 0.25) is 5.95 Å². The molecule has 1 saturated heterocycles. The second kappa shape index (κ2) is 5.42. The highest BCUT2D eigenvalue weighted by Crippen LogP contribution is 2.29. The molecule has 0 unspecified atom stereocenters. The third-order valence-corrected chi connectivity index (χ3v) is 3.49. The molecule has 0 amide bonds. The number of rotatable bonds is 4. The molecule has 0 aliphatic carbocycles. The maximum absolute atomic E-state index is 5.65. The van der Waals surface area contributed by atoms with Gasteiger partial charge < -0.3 is 15.4 Å². The average molecular weight is 235 g/mol. The highest BCUT2D eigenvalue weighted by atomic mass is 16.5. The Morgan fingerprint density at radius 3 is 2.82 bits per heavy atom. The molecular weight excluding hydrogens is 216 g/mol. The largest absolute Gasteiger partial charge is 0.378 e. The molecule has 1 radical (unpaired) electrons. The van der Waals surface area contributed by atoms with Crippen LogP contribution < -0.4 is 10.6 Å². The number of aromatic nitrogens is 2. The maximum atomic E-state index is 5.65. The van der Waals surface area contributed by atoms with E-state index < -0.39 is 0 Å². The highest BCUT2D eigenvalue weighted by Gasteiger charge is 2.34. The van der Waals surface area contributed by atoms with Crippen molar-refractivity contribution in [2.75, 3.05) is 31.6 Å². The van der Waals surface area contributed by atoms with E-state index in [9.17, 15) is 0 Å². The van der Waals surface area contributed by atoms with Crippen LogP contribution in [0, 0.1) is 6.20 Å². The first-order valence-corrected chi connectivity index (χ1v) is 5.99. The van der Waals surface area contributed by atoms with Gasteiger partial charge in [0, 0.05) is 26.4 Å². The number of anilines is 1. The number of ether oxygens (including phenoxy) is 1. The summed E-state index contributed by atoms with van der Waals surface area (Å²) < 4.78 is 5.65. The van der Waals surface area contributed by atoms with Gasteiger partial charge in [0.05, 0.1) is 11.8 Å². The lowest BCUT2D eigenvalue weighted by molar-refractivity contribution is -0.0341. The molecule has 0 bridgehead atoms. The summed E-state index contributed by atoms with van der Waals surface area (Å²) in [4.78, 5) is 10.6. The molecule has 5 heteroatoms. The zero-order chi connectivity index (χ0) is 12.1.